The van der Waals surface area contributed by atoms with E-state index in [2.05, 4.69) is 20.6 Å². The number of anilines is 1. The number of hydrogen-bond donors (Lipinski definition) is 2. The first-order chi connectivity index (χ1) is 16.0. The number of piperidine rings is 1. The topological polar surface area (TPSA) is 127 Å². The van der Waals surface area contributed by atoms with Crippen LogP contribution in [-0.2, 0) is 0 Å². The van der Waals surface area contributed by atoms with Gasteiger partial charge in [-0.2, -0.15) is 0 Å². The Bertz CT molecular complexity index is 1120. The number of amides is 3. The van der Waals surface area contributed by atoms with E-state index in [0.29, 0.717) is 43.0 Å². The molecule has 2 aromatic heterocycles. The predicted molar refractivity (Wildman–Crippen MR) is 118 cm³/mol. The van der Waals surface area contributed by atoms with Gasteiger partial charge in [-0.05, 0) is 49.2 Å². The molecule has 0 unspecified atom stereocenters. The molecule has 10 nitrogen and oxygen atoms in total. The number of ether oxygens (including phenoxy) is 1. The normalized spacial score (nSPS) is 13.9. The monoisotopic (exact) mass is 449 g/mol. The Hall–Kier alpha value is -4.21. The molecule has 0 spiro atoms. The smallest absolute Gasteiger partial charge is 0.289 e. The summed E-state index contributed by atoms with van der Waals surface area (Å²) in [5.41, 5.74) is 0.412. The van der Waals surface area contributed by atoms with Crippen molar-refractivity contribution in [1.82, 2.24) is 20.2 Å². The Morgan fingerprint density at radius 1 is 1.03 bits per heavy atom. The largest absolute Gasteiger partial charge is 0.497 e. The van der Waals surface area contributed by atoms with E-state index < -0.39 is 11.8 Å². The van der Waals surface area contributed by atoms with E-state index in [1.165, 1.54) is 18.7 Å². The average molecular weight is 449 g/mol. The molecular formula is C23H23N5O5. The van der Waals surface area contributed by atoms with Gasteiger partial charge in [0, 0.05) is 37.1 Å². The molecule has 1 aliphatic heterocycles. The molecule has 0 bridgehead atoms. The summed E-state index contributed by atoms with van der Waals surface area (Å²) >= 11 is 0. The van der Waals surface area contributed by atoms with E-state index >= 15 is 0 Å². The minimum atomic E-state index is -0.441. The molecule has 170 valence electrons. The number of benzene rings is 1. The highest BCUT2D eigenvalue weighted by Gasteiger charge is 2.27. The first-order valence-corrected chi connectivity index (χ1v) is 10.4. The fraction of sp³-hybridized carbons (Fsp3) is 0.261. The van der Waals surface area contributed by atoms with E-state index in [0.717, 1.165) is 0 Å². The van der Waals surface area contributed by atoms with Gasteiger partial charge in [0.25, 0.3) is 17.7 Å². The van der Waals surface area contributed by atoms with Crippen molar-refractivity contribution < 1.29 is 23.5 Å². The number of aromatic nitrogens is 2. The molecule has 0 radical (unpaired) electrons. The molecule has 0 saturated carbocycles. The zero-order valence-corrected chi connectivity index (χ0v) is 18.0. The Morgan fingerprint density at radius 2 is 1.76 bits per heavy atom. The highest BCUT2D eigenvalue weighted by Crippen LogP contribution is 2.17. The summed E-state index contributed by atoms with van der Waals surface area (Å²) in [6, 6.07) is 9.73. The van der Waals surface area contributed by atoms with Crippen LogP contribution >= 0.6 is 0 Å². The third kappa shape index (κ3) is 5.17. The van der Waals surface area contributed by atoms with Crippen LogP contribution in [0.15, 0.2) is 59.5 Å². The van der Waals surface area contributed by atoms with Crippen molar-refractivity contribution in [3.05, 3.63) is 72.1 Å². The molecule has 4 rings (SSSR count). The molecule has 1 fully saturated rings. The second-order valence-electron chi connectivity index (χ2n) is 7.45. The molecule has 10 heteroatoms. The van der Waals surface area contributed by atoms with Gasteiger partial charge in [0.1, 0.15) is 5.75 Å². The van der Waals surface area contributed by atoms with Crippen LogP contribution in [0, 0.1) is 0 Å². The van der Waals surface area contributed by atoms with Crippen molar-refractivity contribution in [3.8, 4) is 5.75 Å². The molecule has 1 saturated heterocycles. The Labute approximate surface area is 190 Å². The van der Waals surface area contributed by atoms with Crippen molar-refractivity contribution in [2.75, 3.05) is 25.5 Å². The lowest BCUT2D eigenvalue weighted by Gasteiger charge is -2.31. The second-order valence-corrected chi connectivity index (χ2v) is 7.45. The lowest BCUT2D eigenvalue weighted by Crippen LogP contribution is -2.46. The molecule has 0 aliphatic carbocycles. The van der Waals surface area contributed by atoms with Gasteiger partial charge in [-0.3, -0.25) is 14.4 Å². The minimum Gasteiger partial charge on any atom is -0.497 e. The molecule has 2 N–H and O–H groups in total. The van der Waals surface area contributed by atoms with Crippen LogP contribution in [0.3, 0.4) is 0 Å². The molecule has 1 aliphatic rings. The van der Waals surface area contributed by atoms with Crippen LogP contribution in [0.4, 0.5) is 5.82 Å². The molecule has 0 atom stereocenters. The van der Waals surface area contributed by atoms with Gasteiger partial charge < -0.3 is 24.7 Å². The number of nitrogens with one attached hydrogen (secondary N) is 2. The number of nitrogens with zero attached hydrogens (tertiary/aromatic N) is 3. The zero-order valence-electron chi connectivity index (χ0n) is 18.0. The third-order valence-corrected chi connectivity index (χ3v) is 5.35. The van der Waals surface area contributed by atoms with Crippen molar-refractivity contribution in [3.63, 3.8) is 0 Å². The summed E-state index contributed by atoms with van der Waals surface area (Å²) in [5, 5.41) is 5.57. The van der Waals surface area contributed by atoms with E-state index in [9.17, 15) is 14.4 Å². The van der Waals surface area contributed by atoms with Gasteiger partial charge in [-0.15, -0.1) is 0 Å². The Morgan fingerprint density at radius 3 is 2.42 bits per heavy atom. The average Bonchev–Trinajstić information content (AvgIpc) is 3.39. The van der Waals surface area contributed by atoms with E-state index in [-0.39, 0.29) is 23.5 Å². The summed E-state index contributed by atoms with van der Waals surface area (Å²) in [7, 11) is 1.54. The van der Waals surface area contributed by atoms with Crippen molar-refractivity contribution >= 4 is 23.5 Å². The number of likely N-dealkylation sites (tertiary alicyclic amines) is 1. The summed E-state index contributed by atoms with van der Waals surface area (Å²) in [4.78, 5) is 47.8. The summed E-state index contributed by atoms with van der Waals surface area (Å²) in [5.74, 6) is -0.0262. The summed E-state index contributed by atoms with van der Waals surface area (Å²) in [6.45, 7) is 0.984. The van der Waals surface area contributed by atoms with Gasteiger partial charge in [-0.1, -0.05) is 0 Å². The highest BCUT2D eigenvalue weighted by atomic mass is 16.5. The van der Waals surface area contributed by atoms with Crippen molar-refractivity contribution in [1.29, 1.82) is 0 Å². The standard InChI is InChI=1S/C23H23N5O5/c1-32-17-6-4-15(5-7-17)21(29)27-20-19(24-10-11-25-20)22(30)26-16-8-12-28(13-9-16)23(31)18-3-2-14-33-18/h2-7,10-11,14,16H,8-9,12-13H2,1H3,(H,26,30)(H,25,27,29). The number of carbonyl (C=O) groups excluding carboxylic acids is 3. The maximum absolute atomic E-state index is 12.9. The van der Waals surface area contributed by atoms with Crippen LogP contribution in [0.5, 0.6) is 5.75 Å². The van der Waals surface area contributed by atoms with Gasteiger partial charge in [-0.25, -0.2) is 9.97 Å². The third-order valence-electron chi connectivity index (χ3n) is 5.35. The van der Waals surface area contributed by atoms with Crippen LogP contribution in [0.1, 0.15) is 44.2 Å². The Kier molecular flexibility index (Phi) is 6.63. The van der Waals surface area contributed by atoms with E-state index in [1.54, 1.807) is 48.4 Å². The maximum atomic E-state index is 12.9. The van der Waals surface area contributed by atoms with Gasteiger partial charge in [0.2, 0.25) is 0 Å². The van der Waals surface area contributed by atoms with Gasteiger partial charge >= 0.3 is 0 Å². The highest BCUT2D eigenvalue weighted by molar-refractivity contribution is 6.07. The zero-order chi connectivity index (χ0) is 23.2. The first kappa shape index (κ1) is 22.0. The predicted octanol–water partition coefficient (Wildman–Crippen LogP) is 2.37. The van der Waals surface area contributed by atoms with Crippen molar-refractivity contribution in [2.45, 2.75) is 18.9 Å². The lowest BCUT2D eigenvalue weighted by molar-refractivity contribution is 0.0667. The summed E-state index contributed by atoms with van der Waals surface area (Å²) < 4.78 is 10.3. The number of hydrogen-bond acceptors (Lipinski definition) is 7. The number of methoxy groups -OCH3 is 1. The molecule has 3 heterocycles. The minimum absolute atomic E-state index is 0.0217. The van der Waals surface area contributed by atoms with Crippen LogP contribution < -0.4 is 15.4 Å². The van der Waals surface area contributed by atoms with Gasteiger partial charge in [0.15, 0.2) is 17.3 Å². The number of rotatable bonds is 6. The first-order valence-electron chi connectivity index (χ1n) is 10.4. The quantitative estimate of drug-likeness (QED) is 0.591. The maximum Gasteiger partial charge on any atom is 0.289 e. The van der Waals surface area contributed by atoms with Crippen molar-refractivity contribution in [2.24, 2.45) is 0 Å². The van der Waals surface area contributed by atoms with Crippen LogP contribution in [0.2, 0.25) is 0 Å². The lowest BCUT2D eigenvalue weighted by atomic mass is 10.0. The SMILES string of the molecule is COc1ccc(C(=O)Nc2nccnc2C(=O)NC2CCN(C(=O)c3ccco3)CC2)cc1. The van der Waals surface area contributed by atoms with Crippen LogP contribution in [0.25, 0.3) is 0 Å². The Balaban J connectivity index is 1.36. The molecule has 3 amide bonds. The van der Waals surface area contributed by atoms with E-state index in [4.69, 9.17) is 9.15 Å². The fourth-order valence-electron chi connectivity index (χ4n) is 3.55. The van der Waals surface area contributed by atoms with Crippen LogP contribution in [-0.4, -0.2) is 58.8 Å². The van der Waals surface area contributed by atoms with E-state index in [1.807, 2.05) is 0 Å². The van der Waals surface area contributed by atoms with Gasteiger partial charge in [0.05, 0.1) is 13.4 Å². The number of carbonyl (C=O) groups is 3. The second kappa shape index (κ2) is 9.94. The molecule has 3 aromatic rings. The number of furan rings is 1. The molecule has 1 aromatic carbocycles. The molecular weight excluding hydrogens is 426 g/mol. The fourth-order valence-corrected chi connectivity index (χ4v) is 3.55. The summed E-state index contributed by atoms with van der Waals surface area (Å²) in [6.07, 6.45) is 5.44. The molecule has 33 heavy (non-hydrogen) atoms.